The largest absolute Gasteiger partial charge is 0.447 e. The van der Waals surface area contributed by atoms with Crippen molar-refractivity contribution in [2.75, 3.05) is 19.7 Å². The van der Waals surface area contributed by atoms with E-state index in [0.29, 0.717) is 17.9 Å². The Morgan fingerprint density at radius 2 is 2.16 bits per heavy atom. The van der Waals surface area contributed by atoms with Crippen LogP contribution in [0.3, 0.4) is 0 Å². The zero-order valence-corrected chi connectivity index (χ0v) is 14.6. The van der Waals surface area contributed by atoms with Gasteiger partial charge in [0.25, 0.3) is 0 Å². The Morgan fingerprint density at radius 3 is 2.84 bits per heavy atom. The van der Waals surface area contributed by atoms with E-state index in [1.54, 1.807) is 0 Å². The summed E-state index contributed by atoms with van der Waals surface area (Å²) in [5, 5.41) is 2.87. The zero-order valence-electron chi connectivity index (χ0n) is 14.6. The van der Waals surface area contributed by atoms with Crippen LogP contribution in [0.25, 0.3) is 0 Å². The standard InChI is InChI=1S/C20H24N2O3/c1-13-3-2-4-15(7-13)20-5-6-22(11-16(20)10-20)17(23)14-8-19(9-14)12-25-18(24)21-19/h2-4,7,14,16H,5-6,8-12H2,1H3,(H,21,24)/t14?,16?,19?,20-/m1/s1. The summed E-state index contributed by atoms with van der Waals surface area (Å²) >= 11 is 0. The maximum atomic E-state index is 12.8. The number of rotatable bonds is 2. The van der Waals surface area contributed by atoms with E-state index in [2.05, 4.69) is 41.4 Å². The van der Waals surface area contributed by atoms with Crippen molar-refractivity contribution in [2.45, 2.75) is 43.6 Å². The van der Waals surface area contributed by atoms with Gasteiger partial charge >= 0.3 is 6.09 Å². The van der Waals surface area contributed by atoms with Crippen LogP contribution in [0, 0.1) is 18.8 Å². The molecule has 2 aliphatic heterocycles. The van der Waals surface area contributed by atoms with Crippen LogP contribution in [0.15, 0.2) is 24.3 Å². The summed E-state index contributed by atoms with van der Waals surface area (Å²) in [6, 6.07) is 8.87. The summed E-state index contributed by atoms with van der Waals surface area (Å²) in [6.07, 6.45) is 3.39. The van der Waals surface area contributed by atoms with Crippen LogP contribution in [0.4, 0.5) is 4.79 Å². The topological polar surface area (TPSA) is 58.6 Å². The first-order valence-corrected chi connectivity index (χ1v) is 9.31. The van der Waals surface area contributed by atoms with Gasteiger partial charge in [-0.15, -0.1) is 0 Å². The fourth-order valence-electron chi connectivity index (χ4n) is 5.30. The first kappa shape index (κ1) is 15.2. The molecule has 1 unspecified atom stereocenters. The number of nitrogens with zero attached hydrogens (tertiary/aromatic N) is 1. The van der Waals surface area contributed by atoms with Gasteiger partial charge in [-0.05, 0) is 44.1 Å². The molecular weight excluding hydrogens is 316 g/mol. The molecule has 1 aromatic rings. The van der Waals surface area contributed by atoms with Crippen molar-refractivity contribution in [3.8, 4) is 0 Å². The van der Waals surface area contributed by atoms with Gasteiger partial charge < -0.3 is 15.0 Å². The van der Waals surface area contributed by atoms with Crippen molar-refractivity contribution >= 4 is 12.0 Å². The van der Waals surface area contributed by atoms with Crippen molar-refractivity contribution in [2.24, 2.45) is 11.8 Å². The monoisotopic (exact) mass is 340 g/mol. The van der Waals surface area contributed by atoms with E-state index in [9.17, 15) is 9.59 Å². The van der Waals surface area contributed by atoms with E-state index in [-0.39, 0.29) is 23.5 Å². The van der Waals surface area contributed by atoms with Crippen molar-refractivity contribution in [3.63, 3.8) is 0 Å². The summed E-state index contributed by atoms with van der Waals surface area (Å²) in [4.78, 5) is 26.1. The number of fused-ring (bicyclic) bond motifs is 1. The van der Waals surface area contributed by atoms with Gasteiger partial charge in [0.15, 0.2) is 0 Å². The van der Waals surface area contributed by atoms with Gasteiger partial charge in [-0.3, -0.25) is 4.79 Å². The summed E-state index contributed by atoms with van der Waals surface area (Å²) in [5.74, 6) is 0.930. The minimum absolute atomic E-state index is 0.0484. The molecule has 1 aromatic carbocycles. The number of piperidine rings is 1. The number of amides is 2. The Hall–Kier alpha value is -2.04. The molecule has 1 spiro atoms. The van der Waals surface area contributed by atoms with Crippen LogP contribution in [0.2, 0.25) is 0 Å². The lowest BCUT2D eigenvalue weighted by molar-refractivity contribution is -0.142. The number of likely N-dealkylation sites (tertiary alicyclic amines) is 1. The highest BCUT2D eigenvalue weighted by Gasteiger charge is 2.59. The number of hydrogen-bond donors (Lipinski definition) is 1. The quantitative estimate of drug-likeness (QED) is 0.899. The summed E-state index contributed by atoms with van der Waals surface area (Å²) in [5.41, 5.74) is 2.82. The number of nitrogens with one attached hydrogen (secondary N) is 1. The first-order chi connectivity index (χ1) is 12.0. The van der Waals surface area contributed by atoms with Gasteiger partial charge in [0.2, 0.25) is 5.91 Å². The lowest BCUT2D eigenvalue weighted by Crippen LogP contribution is -2.58. The van der Waals surface area contributed by atoms with Crippen LogP contribution in [0.1, 0.15) is 36.8 Å². The van der Waals surface area contributed by atoms with Gasteiger partial charge in [0.05, 0.1) is 5.54 Å². The van der Waals surface area contributed by atoms with E-state index < -0.39 is 0 Å². The molecule has 0 radical (unpaired) electrons. The predicted molar refractivity (Wildman–Crippen MR) is 92.1 cm³/mol. The summed E-state index contributed by atoms with van der Waals surface area (Å²) < 4.78 is 5.00. The normalized spacial score (nSPS) is 38.6. The van der Waals surface area contributed by atoms with Crippen molar-refractivity contribution in [1.82, 2.24) is 10.2 Å². The molecule has 2 aliphatic carbocycles. The summed E-state index contributed by atoms with van der Waals surface area (Å²) in [6.45, 7) is 4.30. The van der Waals surface area contributed by atoms with E-state index >= 15 is 0 Å². The van der Waals surface area contributed by atoms with Crippen LogP contribution >= 0.6 is 0 Å². The SMILES string of the molecule is Cc1cccc([C@]23CCN(C(=O)C4CC5(COC(=O)N5)C4)CC2C3)c1. The third kappa shape index (κ3) is 2.28. The highest BCUT2D eigenvalue weighted by molar-refractivity contribution is 5.82. The average Bonchev–Trinajstić information content (AvgIpc) is 3.19. The molecule has 5 nitrogen and oxygen atoms in total. The fraction of sp³-hybridized carbons (Fsp3) is 0.600. The number of aryl methyl sites for hydroxylation is 1. The highest BCUT2D eigenvalue weighted by Crippen LogP contribution is 2.59. The van der Waals surface area contributed by atoms with E-state index in [1.165, 1.54) is 17.5 Å². The number of carbonyl (C=O) groups is 2. The van der Waals surface area contributed by atoms with Crippen LogP contribution in [-0.4, -0.2) is 42.1 Å². The minimum Gasteiger partial charge on any atom is -0.447 e. The Morgan fingerprint density at radius 1 is 1.32 bits per heavy atom. The lowest BCUT2D eigenvalue weighted by atomic mass is 9.68. The van der Waals surface area contributed by atoms with Gasteiger partial charge in [-0.25, -0.2) is 4.79 Å². The molecule has 2 amide bonds. The molecule has 5 rings (SSSR count). The molecule has 2 saturated carbocycles. The number of benzene rings is 1. The molecule has 4 fully saturated rings. The third-order valence-corrected chi connectivity index (χ3v) is 6.88. The Bertz CT molecular complexity index is 755. The zero-order chi connectivity index (χ0) is 17.2. The van der Waals surface area contributed by atoms with Crippen molar-refractivity contribution in [3.05, 3.63) is 35.4 Å². The number of hydrogen-bond acceptors (Lipinski definition) is 3. The Balaban J connectivity index is 1.22. The predicted octanol–water partition coefficient (Wildman–Crippen LogP) is 2.37. The molecule has 4 aliphatic rings. The van der Waals surface area contributed by atoms with Crippen LogP contribution in [-0.2, 0) is 14.9 Å². The molecule has 0 aromatic heterocycles. The van der Waals surface area contributed by atoms with Crippen molar-refractivity contribution in [1.29, 1.82) is 0 Å². The molecule has 1 N–H and O–H groups in total. The number of ether oxygens (including phenoxy) is 1. The summed E-state index contributed by atoms with van der Waals surface area (Å²) in [7, 11) is 0. The Labute approximate surface area is 147 Å². The molecule has 2 saturated heterocycles. The van der Waals surface area contributed by atoms with Gasteiger partial charge in [-0.2, -0.15) is 0 Å². The Kier molecular flexibility index (Phi) is 3.04. The molecule has 2 heterocycles. The molecular formula is C20H24N2O3. The minimum atomic E-state index is -0.343. The smallest absolute Gasteiger partial charge is 0.407 e. The third-order valence-electron chi connectivity index (χ3n) is 6.88. The lowest BCUT2D eigenvalue weighted by Gasteiger charge is -2.44. The maximum Gasteiger partial charge on any atom is 0.407 e. The molecule has 5 heteroatoms. The second-order valence-electron chi connectivity index (χ2n) is 8.55. The van der Waals surface area contributed by atoms with Gasteiger partial charge in [0.1, 0.15) is 6.61 Å². The second kappa shape index (κ2) is 4.99. The number of alkyl carbamates (subject to hydrolysis) is 1. The maximum absolute atomic E-state index is 12.8. The average molecular weight is 340 g/mol. The highest BCUT2D eigenvalue weighted by atomic mass is 16.6. The van der Waals surface area contributed by atoms with Crippen LogP contribution < -0.4 is 5.32 Å². The van der Waals surface area contributed by atoms with E-state index in [1.807, 2.05) is 0 Å². The molecule has 0 bridgehead atoms. The number of cyclic esters (lactones) is 1. The fourth-order valence-corrected chi connectivity index (χ4v) is 5.30. The van der Waals surface area contributed by atoms with Gasteiger partial charge in [-0.1, -0.05) is 29.8 Å². The van der Waals surface area contributed by atoms with Crippen molar-refractivity contribution < 1.29 is 14.3 Å². The second-order valence-corrected chi connectivity index (χ2v) is 8.55. The van der Waals surface area contributed by atoms with E-state index in [4.69, 9.17) is 4.74 Å². The van der Waals surface area contributed by atoms with E-state index in [0.717, 1.165) is 32.4 Å². The first-order valence-electron chi connectivity index (χ1n) is 9.31. The molecule has 25 heavy (non-hydrogen) atoms. The van der Waals surface area contributed by atoms with Gasteiger partial charge in [0, 0.05) is 24.4 Å². The number of carbonyl (C=O) groups excluding carboxylic acids is 2. The van der Waals surface area contributed by atoms with Crippen LogP contribution in [0.5, 0.6) is 0 Å². The molecule has 2 atom stereocenters. The molecule has 132 valence electrons.